The summed E-state index contributed by atoms with van der Waals surface area (Å²) in [6.07, 6.45) is 3.14. The van der Waals surface area contributed by atoms with Gasteiger partial charge in [0.1, 0.15) is 11.6 Å². The fourth-order valence-corrected chi connectivity index (χ4v) is 3.49. The Bertz CT molecular complexity index is 958. The van der Waals surface area contributed by atoms with Gasteiger partial charge >= 0.3 is 0 Å². The van der Waals surface area contributed by atoms with Crippen LogP contribution >= 0.6 is 12.2 Å². The second-order valence-corrected chi connectivity index (χ2v) is 7.53. The Hall–Kier alpha value is -2.31. The first-order valence-electron chi connectivity index (χ1n) is 9.25. The molecule has 4 nitrogen and oxygen atoms in total. The largest absolute Gasteiger partial charge is 0.307 e. The molecule has 27 heavy (non-hydrogen) atoms. The first-order chi connectivity index (χ1) is 13.1. The van der Waals surface area contributed by atoms with Crippen molar-refractivity contribution in [2.45, 2.75) is 38.5 Å². The lowest BCUT2D eigenvalue weighted by atomic mass is 10.1. The van der Waals surface area contributed by atoms with Crippen molar-refractivity contribution in [2.24, 2.45) is 7.05 Å². The first-order valence-corrected chi connectivity index (χ1v) is 9.66. The molecule has 0 saturated heterocycles. The van der Waals surface area contributed by atoms with E-state index in [2.05, 4.69) is 17.0 Å². The molecular formula is C21H23FN4S. The fourth-order valence-electron chi connectivity index (χ4n) is 3.29. The smallest absolute Gasteiger partial charge is 0.198 e. The van der Waals surface area contributed by atoms with Gasteiger partial charge in [-0.2, -0.15) is 5.10 Å². The molecule has 0 unspecified atom stereocenters. The summed E-state index contributed by atoms with van der Waals surface area (Å²) < 4.78 is 17.8. The van der Waals surface area contributed by atoms with E-state index in [-0.39, 0.29) is 5.82 Å². The van der Waals surface area contributed by atoms with E-state index in [1.54, 1.807) is 0 Å². The van der Waals surface area contributed by atoms with Gasteiger partial charge in [-0.1, -0.05) is 42.5 Å². The second-order valence-electron chi connectivity index (χ2n) is 7.17. The molecule has 0 atom stereocenters. The van der Waals surface area contributed by atoms with Gasteiger partial charge in [-0.15, -0.1) is 0 Å². The lowest BCUT2D eigenvalue weighted by molar-refractivity contribution is 0.186. The summed E-state index contributed by atoms with van der Waals surface area (Å²) in [5.41, 5.74) is 2.33. The molecule has 140 valence electrons. The van der Waals surface area contributed by atoms with Crippen molar-refractivity contribution in [1.29, 1.82) is 0 Å². The van der Waals surface area contributed by atoms with Crippen LogP contribution in [0, 0.1) is 10.6 Å². The van der Waals surface area contributed by atoms with Crippen molar-refractivity contribution in [3.05, 3.63) is 82.1 Å². The average molecular weight is 383 g/mol. The molecule has 4 rings (SSSR count). The molecule has 0 aliphatic heterocycles. The molecule has 0 N–H and O–H groups in total. The number of benzene rings is 2. The summed E-state index contributed by atoms with van der Waals surface area (Å²) in [4.78, 5) is 2.38. The zero-order valence-electron chi connectivity index (χ0n) is 15.4. The first kappa shape index (κ1) is 18.1. The summed E-state index contributed by atoms with van der Waals surface area (Å²) in [7, 11) is 1.98. The number of nitrogens with zero attached hydrogens (tertiary/aromatic N) is 4. The summed E-state index contributed by atoms with van der Waals surface area (Å²) in [6, 6.07) is 17.6. The Kier molecular flexibility index (Phi) is 5.18. The zero-order valence-corrected chi connectivity index (χ0v) is 16.2. The molecule has 1 aliphatic carbocycles. The number of halogens is 1. The van der Waals surface area contributed by atoms with Crippen molar-refractivity contribution in [3.8, 4) is 0 Å². The van der Waals surface area contributed by atoms with Gasteiger partial charge in [0, 0.05) is 26.1 Å². The van der Waals surface area contributed by atoms with Crippen molar-refractivity contribution in [1.82, 2.24) is 19.2 Å². The maximum Gasteiger partial charge on any atom is 0.198 e. The molecular weight excluding hydrogens is 359 g/mol. The Morgan fingerprint density at radius 1 is 1.07 bits per heavy atom. The Balaban J connectivity index is 1.52. The van der Waals surface area contributed by atoms with E-state index in [4.69, 9.17) is 17.3 Å². The van der Waals surface area contributed by atoms with Crippen LogP contribution in [-0.4, -0.2) is 25.3 Å². The van der Waals surface area contributed by atoms with E-state index < -0.39 is 0 Å². The topological polar surface area (TPSA) is 26.0 Å². The van der Waals surface area contributed by atoms with E-state index >= 15 is 0 Å². The normalized spacial score (nSPS) is 14.0. The van der Waals surface area contributed by atoms with Crippen LogP contribution in [0.25, 0.3) is 0 Å². The highest BCUT2D eigenvalue weighted by Crippen LogP contribution is 2.29. The second kappa shape index (κ2) is 7.74. The molecule has 0 spiro atoms. The van der Waals surface area contributed by atoms with Gasteiger partial charge in [-0.25, -0.2) is 9.07 Å². The van der Waals surface area contributed by atoms with E-state index in [0.717, 1.165) is 29.1 Å². The summed E-state index contributed by atoms with van der Waals surface area (Å²) >= 11 is 5.62. The highest BCUT2D eigenvalue weighted by molar-refractivity contribution is 7.71. The molecule has 1 aromatic heterocycles. The Morgan fingerprint density at radius 2 is 1.78 bits per heavy atom. The molecule has 1 saturated carbocycles. The molecule has 1 heterocycles. The van der Waals surface area contributed by atoms with E-state index in [1.165, 1.54) is 30.5 Å². The van der Waals surface area contributed by atoms with E-state index in [1.807, 2.05) is 46.6 Å². The van der Waals surface area contributed by atoms with Gasteiger partial charge in [0.25, 0.3) is 0 Å². The lowest BCUT2D eigenvalue weighted by Crippen LogP contribution is -2.29. The Morgan fingerprint density at radius 3 is 2.44 bits per heavy atom. The molecule has 0 radical (unpaired) electrons. The minimum Gasteiger partial charge on any atom is -0.307 e. The van der Waals surface area contributed by atoms with Gasteiger partial charge < -0.3 is 4.57 Å². The quantitative estimate of drug-likeness (QED) is 0.570. The molecule has 0 amide bonds. The predicted octanol–water partition coefficient (Wildman–Crippen LogP) is 4.30. The summed E-state index contributed by atoms with van der Waals surface area (Å²) in [5, 5.41) is 4.78. The third kappa shape index (κ3) is 4.34. The third-order valence-electron chi connectivity index (χ3n) is 5.01. The van der Waals surface area contributed by atoms with Crippen LogP contribution in [0.5, 0.6) is 0 Å². The fraction of sp³-hybridized carbons (Fsp3) is 0.333. The monoisotopic (exact) mass is 382 g/mol. The number of aromatic nitrogens is 3. The minimum absolute atomic E-state index is 0.200. The highest BCUT2D eigenvalue weighted by Gasteiger charge is 2.29. The van der Waals surface area contributed by atoms with Crippen LogP contribution < -0.4 is 0 Å². The molecule has 2 aromatic carbocycles. The van der Waals surface area contributed by atoms with Crippen molar-refractivity contribution in [3.63, 3.8) is 0 Å². The van der Waals surface area contributed by atoms with Gasteiger partial charge in [0.15, 0.2) is 4.77 Å². The van der Waals surface area contributed by atoms with Crippen molar-refractivity contribution in [2.75, 3.05) is 0 Å². The molecule has 1 fully saturated rings. The number of hydrogen-bond donors (Lipinski definition) is 0. The lowest BCUT2D eigenvalue weighted by Gasteiger charge is -2.21. The number of hydrogen-bond acceptors (Lipinski definition) is 3. The molecule has 6 heteroatoms. The third-order valence-corrected chi connectivity index (χ3v) is 5.50. The van der Waals surface area contributed by atoms with E-state index in [0.29, 0.717) is 12.7 Å². The Labute approximate surface area is 163 Å². The highest BCUT2D eigenvalue weighted by atomic mass is 32.1. The summed E-state index contributed by atoms with van der Waals surface area (Å²) in [5.74, 6) is 0.762. The van der Waals surface area contributed by atoms with E-state index in [9.17, 15) is 4.39 Å². The van der Waals surface area contributed by atoms with Crippen molar-refractivity contribution < 1.29 is 4.39 Å². The predicted molar refractivity (Wildman–Crippen MR) is 106 cm³/mol. The molecule has 0 bridgehead atoms. The average Bonchev–Trinajstić information content (AvgIpc) is 3.49. The van der Waals surface area contributed by atoms with Gasteiger partial charge in [0.2, 0.25) is 0 Å². The van der Waals surface area contributed by atoms with Crippen LogP contribution in [0.1, 0.15) is 29.8 Å². The van der Waals surface area contributed by atoms with Gasteiger partial charge in [-0.3, -0.25) is 4.90 Å². The molecule has 1 aliphatic rings. The van der Waals surface area contributed by atoms with Crippen molar-refractivity contribution >= 4 is 12.2 Å². The number of rotatable bonds is 7. The van der Waals surface area contributed by atoms with Gasteiger partial charge in [-0.05, 0) is 48.3 Å². The van der Waals surface area contributed by atoms with Crippen LogP contribution in [0.15, 0.2) is 54.6 Å². The maximum absolute atomic E-state index is 13.2. The molecule has 3 aromatic rings. The summed E-state index contributed by atoms with van der Waals surface area (Å²) in [6.45, 7) is 1.43. The van der Waals surface area contributed by atoms with Gasteiger partial charge in [0.05, 0.1) is 6.67 Å². The standard InChI is InChI=1S/C21H23FN4S/c1-24-20(13-16-5-3-2-4-6-16)23-26(21(24)27)15-25(19-11-12-19)14-17-7-9-18(22)10-8-17/h2-10,19H,11-15H2,1H3. The van der Waals surface area contributed by atoms with Crippen LogP contribution in [0.2, 0.25) is 0 Å². The maximum atomic E-state index is 13.2. The van der Waals surface area contributed by atoms with Crippen LogP contribution in [0.4, 0.5) is 4.39 Å². The zero-order chi connectivity index (χ0) is 18.8. The van der Waals surface area contributed by atoms with Crippen LogP contribution in [-0.2, 0) is 26.7 Å². The minimum atomic E-state index is -0.200. The van der Waals surface area contributed by atoms with Crippen LogP contribution in [0.3, 0.4) is 0 Å². The SMILES string of the molecule is Cn1c(Cc2ccccc2)nn(CN(Cc2ccc(F)cc2)C2CC2)c1=S.